The summed E-state index contributed by atoms with van der Waals surface area (Å²) >= 11 is 0. The lowest BCUT2D eigenvalue weighted by molar-refractivity contribution is -0.136. The highest BCUT2D eigenvalue weighted by atomic mass is 19.1. The minimum Gasteiger partial charge on any atom is -0.481 e. The number of hydrogen-bond donors (Lipinski definition) is 2. The smallest absolute Gasteiger partial charge is 0.411 e. The molecule has 4 aromatic rings. The standard InChI is InChI=1S/C27H22F2N2O5/c1-16-25(30-27(34)35-13-12-20-10-11-22(28)15-23(20)29)26(31-36-16)21-8-6-19(7-9-21)18-4-2-17(3-5-18)14-24(32)33/h2-11,15H,12-14H2,1H3,(H,30,34)(H,32,33). The molecule has 184 valence electrons. The summed E-state index contributed by atoms with van der Waals surface area (Å²) in [7, 11) is 0. The normalized spacial score (nSPS) is 10.8. The van der Waals surface area contributed by atoms with Crippen LogP contribution in [0.3, 0.4) is 0 Å². The zero-order valence-corrected chi connectivity index (χ0v) is 19.3. The van der Waals surface area contributed by atoms with Gasteiger partial charge in [0.1, 0.15) is 23.0 Å². The van der Waals surface area contributed by atoms with E-state index < -0.39 is 23.7 Å². The van der Waals surface area contributed by atoms with Gasteiger partial charge in [-0.25, -0.2) is 13.6 Å². The lowest BCUT2D eigenvalue weighted by atomic mass is 10.0. The van der Waals surface area contributed by atoms with Gasteiger partial charge in [-0.2, -0.15) is 0 Å². The zero-order chi connectivity index (χ0) is 25.7. The number of nitrogens with zero attached hydrogens (tertiary/aromatic N) is 1. The molecule has 0 aliphatic heterocycles. The fourth-order valence-corrected chi connectivity index (χ4v) is 3.64. The molecular formula is C27H22F2N2O5. The highest BCUT2D eigenvalue weighted by Gasteiger charge is 2.18. The third kappa shape index (κ3) is 5.93. The first kappa shape index (κ1) is 24.6. The Morgan fingerprint density at radius 3 is 2.25 bits per heavy atom. The summed E-state index contributed by atoms with van der Waals surface area (Å²) in [5.74, 6) is -1.88. The van der Waals surface area contributed by atoms with Crippen molar-refractivity contribution in [1.82, 2.24) is 5.16 Å². The lowest BCUT2D eigenvalue weighted by Crippen LogP contribution is -2.16. The summed E-state index contributed by atoms with van der Waals surface area (Å²) < 4.78 is 37.2. The fraction of sp³-hybridized carbons (Fsp3) is 0.148. The summed E-state index contributed by atoms with van der Waals surface area (Å²) in [6.07, 6.45) is -0.706. The molecule has 1 amide bonds. The molecule has 0 saturated carbocycles. The van der Waals surface area contributed by atoms with Crippen LogP contribution in [0.1, 0.15) is 16.9 Å². The molecule has 1 heterocycles. The van der Waals surface area contributed by atoms with Gasteiger partial charge in [0.2, 0.25) is 0 Å². The Bertz CT molecular complexity index is 1380. The quantitative estimate of drug-likeness (QED) is 0.312. The van der Waals surface area contributed by atoms with E-state index in [2.05, 4.69) is 10.5 Å². The van der Waals surface area contributed by atoms with Gasteiger partial charge in [-0.1, -0.05) is 59.8 Å². The summed E-state index contributed by atoms with van der Waals surface area (Å²) in [6.45, 7) is 1.54. The number of carboxylic acid groups (broad SMARTS) is 1. The molecular weight excluding hydrogens is 470 g/mol. The highest BCUT2D eigenvalue weighted by Crippen LogP contribution is 2.32. The fourth-order valence-electron chi connectivity index (χ4n) is 3.64. The van der Waals surface area contributed by atoms with Crippen molar-refractivity contribution in [1.29, 1.82) is 0 Å². The van der Waals surface area contributed by atoms with Gasteiger partial charge in [0.05, 0.1) is 13.0 Å². The molecule has 0 aliphatic rings. The van der Waals surface area contributed by atoms with Crippen LogP contribution in [0.5, 0.6) is 0 Å². The number of aliphatic carboxylic acids is 1. The van der Waals surface area contributed by atoms with E-state index in [-0.39, 0.29) is 25.0 Å². The summed E-state index contributed by atoms with van der Waals surface area (Å²) in [4.78, 5) is 23.2. The Morgan fingerprint density at radius 1 is 0.972 bits per heavy atom. The number of halogens is 2. The number of aryl methyl sites for hydroxylation is 1. The van der Waals surface area contributed by atoms with Crippen LogP contribution in [-0.2, 0) is 22.4 Å². The molecule has 4 rings (SSSR count). The van der Waals surface area contributed by atoms with Crippen molar-refractivity contribution < 1.29 is 32.7 Å². The van der Waals surface area contributed by atoms with Gasteiger partial charge in [-0.3, -0.25) is 10.1 Å². The third-order valence-corrected chi connectivity index (χ3v) is 5.51. The largest absolute Gasteiger partial charge is 0.481 e. The van der Waals surface area contributed by atoms with E-state index in [1.165, 1.54) is 6.07 Å². The van der Waals surface area contributed by atoms with Gasteiger partial charge >= 0.3 is 12.1 Å². The Kier molecular flexibility index (Phi) is 7.39. The number of rotatable bonds is 8. The van der Waals surface area contributed by atoms with Crippen LogP contribution >= 0.6 is 0 Å². The Morgan fingerprint density at radius 2 is 1.61 bits per heavy atom. The predicted molar refractivity (Wildman–Crippen MR) is 128 cm³/mol. The molecule has 0 unspecified atom stereocenters. The number of anilines is 1. The van der Waals surface area contributed by atoms with Crippen LogP contribution in [0.2, 0.25) is 0 Å². The maximum absolute atomic E-state index is 13.7. The number of aromatic nitrogens is 1. The van der Waals surface area contributed by atoms with Crippen molar-refractivity contribution in [3.05, 3.63) is 95.3 Å². The lowest BCUT2D eigenvalue weighted by Gasteiger charge is -2.09. The summed E-state index contributed by atoms with van der Waals surface area (Å²) in [5, 5.41) is 15.6. The number of amides is 1. The van der Waals surface area contributed by atoms with E-state index in [1.54, 1.807) is 19.1 Å². The van der Waals surface area contributed by atoms with Crippen molar-refractivity contribution in [3.63, 3.8) is 0 Å². The van der Waals surface area contributed by atoms with Gasteiger partial charge in [-0.15, -0.1) is 0 Å². The minimum absolute atomic E-state index is 0.0357. The molecule has 0 saturated heterocycles. The van der Waals surface area contributed by atoms with E-state index in [9.17, 15) is 18.4 Å². The van der Waals surface area contributed by atoms with E-state index in [0.717, 1.165) is 23.3 Å². The number of carboxylic acids is 1. The second-order valence-corrected chi connectivity index (χ2v) is 8.05. The van der Waals surface area contributed by atoms with Crippen molar-refractivity contribution in [2.75, 3.05) is 11.9 Å². The molecule has 9 heteroatoms. The molecule has 0 fully saturated rings. The number of nitrogens with one attached hydrogen (secondary N) is 1. The predicted octanol–water partition coefficient (Wildman–Crippen LogP) is 6.01. The van der Waals surface area contributed by atoms with Crippen LogP contribution < -0.4 is 5.32 Å². The van der Waals surface area contributed by atoms with E-state index >= 15 is 0 Å². The van der Waals surface area contributed by atoms with Gasteiger partial charge < -0.3 is 14.4 Å². The van der Waals surface area contributed by atoms with Crippen LogP contribution in [0, 0.1) is 18.6 Å². The second-order valence-electron chi connectivity index (χ2n) is 8.05. The Labute approximate surface area is 205 Å². The van der Waals surface area contributed by atoms with E-state index in [0.29, 0.717) is 28.3 Å². The van der Waals surface area contributed by atoms with E-state index in [1.807, 2.05) is 36.4 Å². The monoisotopic (exact) mass is 492 g/mol. The molecule has 0 aliphatic carbocycles. The molecule has 7 nitrogen and oxygen atoms in total. The molecule has 3 aromatic carbocycles. The average Bonchev–Trinajstić information content (AvgIpc) is 3.20. The van der Waals surface area contributed by atoms with Crippen LogP contribution in [-0.4, -0.2) is 28.9 Å². The number of carbonyl (C=O) groups is 2. The van der Waals surface area contributed by atoms with Crippen molar-refractivity contribution in [3.8, 4) is 22.4 Å². The molecule has 0 radical (unpaired) electrons. The third-order valence-electron chi connectivity index (χ3n) is 5.51. The SMILES string of the molecule is Cc1onc(-c2ccc(-c3ccc(CC(=O)O)cc3)cc2)c1NC(=O)OCCc1ccc(F)cc1F. The first-order chi connectivity index (χ1) is 17.3. The molecule has 1 aromatic heterocycles. The first-order valence-electron chi connectivity index (χ1n) is 11.1. The number of ether oxygens (including phenoxy) is 1. The molecule has 0 bridgehead atoms. The van der Waals surface area contributed by atoms with Crippen LogP contribution in [0.4, 0.5) is 19.3 Å². The topological polar surface area (TPSA) is 102 Å². The summed E-state index contributed by atoms with van der Waals surface area (Å²) in [6, 6.07) is 17.9. The average molecular weight is 492 g/mol. The van der Waals surface area contributed by atoms with Gasteiger partial charge in [0, 0.05) is 18.1 Å². The molecule has 0 atom stereocenters. The van der Waals surface area contributed by atoms with Gasteiger partial charge in [0.15, 0.2) is 5.76 Å². The maximum Gasteiger partial charge on any atom is 0.411 e. The number of benzene rings is 3. The first-order valence-corrected chi connectivity index (χ1v) is 11.1. The second kappa shape index (κ2) is 10.8. The zero-order valence-electron chi connectivity index (χ0n) is 19.3. The number of carbonyl (C=O) groups excluding carboxylic acids is 1. The molecule has 2 N–H and O–H groups in total. The van der Waals surface area contributed by atoms with Gasteiger partial charge in [-0.05, 0) is 35.2 Å². The highest BCUT2D eigenvalue weighted by molar-refractivity contribution is 5.91. The van der Waals surface area contributed by atoms with Crippen molar-refractivity contribution in [2.24, 2.45) is 0 Å². The van der Waals surface area contributed by atoms with Gasteiger partial charge in [0.25, 0.3) is 0 Å². The Hall–Kier alpha value is -4.53. The van der Waals surface area contributed by atoms with Crippen LogP contribution in [0.15, 0.2) is 71.3 Å². The van der Waals surface area contributed by atoms with Crippen molar-refractivity contribution in [2.45, 2.75) is 19.8 Å². The molecule has 36 heavy (non-hydrogen) atoms. The summed E-state index contributed by atoms with van der Waals surface area (Å²) in [5.41, 5.74) is 4.25. The number of hydrogen-bond acceptors (Lipinski definition) is 5. The minimum atomic E-state index is -0.884. The Balaban J connectivity index is 1.40. The van der Waals surface area contributed by atoms with Crippen LogP contribution in [0.25, 0.3) is 22.4 Å². The molecule has 0 spiro atoms. The van der Waals surface area contributed by atoms with Crippen molar-refractivity contribution >= 4 is 17.7 Å². The van der Waals surface area contributed by atoms with E-state index in [4.69, 9.17) is 14.4 Å². The maximum atomic E-state index is 13.7.